The number of hydrogen-bond donors (Lipinski definition) is 1. The molecule has 0 aliphatic carbocycles. The van der Waals surface area contributed by atoms with Gasteiger partial charge in [0, 0.05) is 5.56 Å². The normalized spacial score (nSPS) is 14.5. The Kier molecular flexibility index (Phi) is 4.83. The quantitative estimate of drug-likeness (QED) is 0.865. The lowest BCUT2D eigenvalue weighted by atomic mass is 9.86. The van der Waals surface area contributed by atoms with E-state index in [2.05, 4.69) is 4.74 Å². The van der Waals surface area contributed by atoms with Crippen molar-refractivity contribution in [3.63, 3.8) is 0 Å². The van der Waals surface area contributed by atoms with E-state index in [1.165, 1.54) is 6.07 Å². The monoisotopic (exact) mass is 273 g/mol. The first kappa shape index (κ1) is 15.4. The molecular weight excluding hydrogens is 256 g/mol. The number of carbonyl (C=O) groups is 1. The van der Waals surface area contributed by atoms with Gasteiger partial charge < -0.3 is 9.84 Å². The maximum atomic E-state index is 12.4. The third-order valence-corrected chi connectivity index (χ3v) is 3.17. The van der Waals surface area contributed by atoms with Crippen molar-refractivity contribution in [1.82, 2.24) is 4.90 Å². The number of nitrogens with zero attached hydrogens (tertiary/aromatic N) is 1. The second-order valence-electron chi connectivity index (χ2n) is 4.61. The zero-order valence-corrected chi connectivity index (χ0v) is 11.1. The summed E-state index contributed by atoms with van der Waals surface area (Å²) in [6, 6.07) is 6.24. The van der Waals surface area contributed by atoms with Gasteiger partial charge in [-0.2, -0.15) is 8.78 Å². The second kappa shape index (κ2) is 5.97. The van der Waals surface area contributed by atoms with Crippen LogP contribution in [-0.2, 0) is 10.3 Å². The number of carboxylic acid groups (broad SMARTS) is 1. The van der Waals surface area contributed by atoms with E-state index < -0.39 is 18.1 Å². The van der Waals surface area contributed by atoms with Gasteiger partial charge in [-0.25, -0.2) is 0 Å². The molecule has 0 aromatic heterocycles. The summed E-state index contributed by atoms with van der Waals surface area (Å²) in [4.78, 5) is 12.7. The largest absolute Gasteiger partial charge is 0.481 e. The number of aliphatic carboxylic acids is 1. The minimum absolute atomic E-state index is 0.00468. The fourth-order valence-electron chi connectivity index (χ4n) is 1.90. The van der Waals surface area contributed by atoms with Crippen LogP contribution in [0.2, 0.25) is 0 Å². The number of rotatable bonds is 6. The van der Waals surface area contributed by atoms with Crippen molar-refractivity contribution in [2.75, 3.05) is 14.1 Å². The van der Waals surface area contributed by atoms with Crippen LogP contribution in [-0.4, -0.2) is 36.7 Å². The maximum Gasteiger partial charge on any atom is 0.387 e. The Labute approximate surface area is 110 Å². The van der Waals surface area contributed by atoms with Crippen LogP contribution < -0.4 is 4.74 Å². The summed E-state index contributed by atoms with van der Waals surface area (Å²) >= 11 is 0. The van der Waals surface area contributed by atoms with Crippen molar-refractivity contribution >= 4 is 5.97 Å². The number of benzene rings is 1. The van der Waals surface area contributed by atoms with Gasteiger partial charge in [-0.05, 0) is 27.1 Å². The molecule has 1 aromatic rings. The van der Waals surface area contributed by atoms with E-state index in [4.69, 9.17) is 5.11 Å². The molecule has 0 radical (unpaired) electrons. The van der Waals surface area contributed by atoms with Crippen LogP contribution in [0.1, 0.15) is 18.9 Å². The van der Waals surface area contributed by atoms with E-state index in [9.17, 15) is 13.6 Å². The topological polar surface area (TPSA) is 49.8 Å². The first-order valence-corrected chi connectivity index (χ1v) is 5.71. The van der Waals surface area contributed by atoms with Crippen LogP contribution in [0.5, 0.6) is 5.75 Å². The predicted molar refractivity (Wildman–Crippen MR) is 66.4 cm³/mol. The van der Waals surface area contributed by atoms with E-state index in [0.717, 1.165) is 0 Å². The average Bonchev–Trinajstić information content (AvgIpc) is 2.27. The fourth-order valence-corrected chi connectivity index (χ4v) is 1.90. The van der Waals surface area contributed by atoms with E-state index in [1.807, 2.05) is 0 Å². The number of ether oxygens (including phenoxy) is 1. The summed E-state index contributed by atoms with van der Waals surface area (Å²) in [5.74, 6) is -1.02. The van der Waals surface area contributed by atoms with Crippen LogP contribution in [0.15, 0.2) is 24.3 Å². The lowest BCUT2D eigenvalue weighted by Gasteiger charge is -2.36. The molecule has 0 bridgehead atoms. The Hall–Kier alpha value is -1.69. The summed E-state index contributed by atoms with van der Waals surface area (Å²) in [5, 5.41) is 9.02. The number of alkyl halides is 2. The fraction of sp³-hybridized carbons (Fsp3) is 0.462. The Balaban J connectivity index is 3.26. The molecule has 0 aliphatic rings. The van der Waals surface area contributed by atoms with Gasteiger partial charge in [0.25, 0.3) is 0 Å². The number of hydrogen-bond acceptors (Lipinski definition) is 3. The Morgan fingerprint density at radius 1 is 1.42 bits per heavy atom. The molecule has 106 valence electrons. The van der Waals surface area contributed by atoms with Crippen molar-refractivity contribution in [2.45, 2.75) is 25.5 Å². The van der Waals surface area contributed by atoms with Gasteiger partial charge in [-0.15, -0.1) is 0 Å². The molecule has 1 atom stereocenters. The zero-order chi connectivity index (χ0) is 14.6. The molecule has 6 heteroatoms. The van der Waals surface area contributed by atoms with E-state index >= 15 is 0 Å². The molecule has 0 spiro atoms. The minimum Gasteiger partial charge on any atom is -0.481 e. The summed E-state index contributed by atoms with van der Waals surface area (Å²) in [6.45, 7) is -1.27. The summed E-state index contributed by atoms with van der Waals surface area (Å²) < 4.78 is 29.3. The van der Waals surface area contributed by atoms with Gasteiger partial charge in [0.05, 0.1) is 12.0 Å². The predicted octanol–water partition coefficient (Wildman–Crippen LogP) is 2.54. The smallest absolute Gasteiger partial charge is 0.387 e. The lowest BCUT2D eigenvalue weighted by molar-refractivity contribution is -0.140. The SMILES string of the molecule is CN(C)C(C)(CC(=O)O)c1ccccc1OC(F)F. The molecular formula is C13H17F2NO3. The molecule has 19 heavy (non-hydrogen) atoms. The van der Waals surface area contributed by atoms with Gasteiger partial charge in [0.2, 0.25) is 0 Å². The highest BCUT2D eigenvalue weighted by molar-refractivity contribution is 5.69. The van der Waals surface area contributed by atoms with Crippen molar-refractivity contribution in [2.24, 2.45) is 0 Å². The van der Waals surface area contributed by atoms with Crippen LogP contribution in [0.4, 0.5) is 8.78 Å². The Morgan fingerprint density at radius 2 is 2.00 bits per heavy atom. The molecule has 4 nitrogen and oxygen atoms in total. The summed E-state index contributed by atoms with van der Waals surface area (Å²) in [6.07, 6.45) is -0.219. The average molecular weight is 273 g/mol. The highest BCUT2D eigenvalue weighted by atomic mass is 19.3. The molecule has 0 saturated carbocycles. The standard InChI is InChI=1S/C13H17F2NO3/c1-13(16(2)3,8-11(17)18)9-6-4-5-7-10(9)19-12(14)15/h4-7,12H,8H2,1-3H3,(H,17,18). The van der Waals surface area contributed by atoms with Crippen LogP contribution in [0, 0.1) is 0 Å². The second-order valence-corrected chi connectivity index (χ2v) is 4.61. The number of para-hydroxylation sites is 1. The molecule has 0 fully saturated rings. The van der Waals surface area contributed by atoms with Gasteiger partial charge in [0.15, 0.2) is 0 Å². The van der Waals surface area contributed by atoms with Crippen LogP contribution >= 0.6 is 0 Å². The Morgan fingerprint density at radius 3 is 2.47 bits per heavy atom. The highest BCUT2D eigenvalue weighted by Crippen LogP contribution is 2.36. The van der Waals surface area contributed by atoms with Crippen LogP contribution in [0.3, 0.4) is 0 Å². The van der Waals surface area contributed by atoms with Crippen molar-refractivity contribution < 1.29 is 23.4 Å². The minimum atomic E-state index is -2.95. The molecule has 1 unspecified atom stereocenters. The molecule has 1 aromatic carbocycles. The molecule has 0 heterocycles. The number of carboxylic acids is 1. The van der Waals surface area contributed by atoms with E-state index in [0.29, 0.717) is 5.56 Å². The van der Waals surface area contributed by atoms with Gasteiger partial charge in [-0.3, -0.25) is 9.69 Å². The third kappa shape index (κ3) is 3.64. The van der Waals surface area contributed by atoms with Crippen molar-refractivity contribution in [3.8, 4) is 5.75 Å². The molecule has 1 N–H and O–H groups in total. The zero-order valence-electron chi connectivity index (χ0n) is 11.1. The van der Waals surface area contributed by atoms with Gasteiger partial charge in [-0.1, -0.05) is 18.2 Å². The maximum absolute atomic E-state index is 12.4. The first-order valence-electron chi connectivity index (χ1n) is 5.71. The van der Waals surface area contributed by atoms with E-state index in [1.54, 1.807) is 44.1 Å². The molecule has 0 aliphatic heterocycles. The van der Waals surface area contributed by atoms with Gasteiger partial charge in [0.1, 0.15) is 5.75 Å². The first-order chi connectivity index (χ1) is 8.77. The Bertz CT molecular complexity index is 451. The van der Waals surface area contributed by atoms with Gasteiger partial charge >= 0.3 is 12.6 Å². The molecule has 0 amide bonds. The lowest BCUT2D eigenvalue weighted by Crippen LogP contribution is -2.40. The van der Waals surface area contributed by atoms with Crippen molar-refractivity contribution in [1.29, 1.82) is 0 Å². The number of halogens is 2. The molecule has 0 saturated heterocycles. The highest BCUT2D eigenvalue weighted by Gasteiger charge is 2.35. The van der Waals surface area contributed by atoms with Crippen LogP contribution in [0.25, 0.3) is 0 Å². The summed E-state index contributed by atoms with van der Waals surface area (Å²) in [7, 11) is 3.39. The van der Waals surface area contributed by atoms with Crippen molar-refractivity contribution in [3.05, 3.63) is 29.8 Å². The summed E-state index contributed by atoms with van der Waals surface area (Å²) in [5.41, 5.74) is -0.514. The van der Waals surface area contributed by atoms with E-state index in [-0.39, 0.29) is 12.2 Å². The molecule has 1 rings (SSSR count). The third-order valence-electron chi connectivity index (χ3n) is 3.17.